The van der Waals surface area contributed by atoms with Crippen molar-refractivity contribution < 1.29 is 14.7 Å². The topological polar surface area (TPSA) is 99.3 Å². The lowest BCUT2D eigenvalue weighted by Crippen LogP contribution is -2.28. The molecule has 7 heteroatoms. The molecule has 0 spiro atoms. The zero-order valence-electron chi connectivity index (χ0n) is 14.5. The van der Waals surface area contributed by atoms with Crippen LogP contribution in [0.25, 0.3) is 10.9 Å². The fourth-order valence-electron chi connectivity index (χ4n) is 2.88. The number of aromatic nitrogens is 1. The van der Waals surface area contributed by atoms with Crippen LogP contribution in [0.15, 0.2) is 53.3 Å². The number of hydrogen-bond donors (Lipinski definition) is 3. The second kappa shape index (κ2) is 7.63. The van der Waals surface area contributed by atoms with Crippen molar-refractivity contribution in [2.24, 2.45) is 0 Å². The van der Waals surface area contributed by atoms with Gasteiger partial charge < -0.3 is 15.4 Å². The van der Waals surface area contributed by atoms with E-state index in [2.05, 4.69) is 10.3 Å². The minimum Gasteiger partial charge on any atom is -0.477 e. The van der Waals surface area contributed by atoms with E-state index in [1.807, 2.05) is 37.3 Å². The number of aromatic carboxylic acids is 1. The van der Waals surface area contributed by atoms with E-state index in [-0.39, 0.29) is 23.9 Å². The Kier molecular flexibility index (Phi) is 5.28. The maximum absolute atomic E-state index is 12.5. The van der Waals surface area contributed by atoms with Crippen molar-refractivity contribution >= 4 is 34.4 Å². The Labute approximate surface area is 159 Å². The molecule has 1 unspecified atom stereocenters. The highest BCUT2D eigenvalue weighted by molar-refractivity contribution is 6.31. The summed E-state index contributed by atoms with van der Waals surface area (Å²) in [4.78, 5) is 38.2. The molecule has 1 amide bonds. The Morgan fingerprint density at radius 3 is 2.56 bits per heavy atom. The van der Waals surface area contributed by atoms with E-state index in [0.29, 0.717) is 21.5 Å². The molecular weight excluding hydrogens is 368 g/mol. The SMILES string of the molecule is CC(C(=O)NCc1cc(Cl)cc2cc(C(=O)O)c(=O)[nH]c12)c1ccccc1. The Morgan fingerprint density at radius 1 is 1.19 bits per heavy atom. The van der Waals surface area contributed by atoms with Gasteiger partial charge in [0.2, 0.25) is 5.91 Å². The molecule has 1 aromatic heterocycles. The lowest BCUT2D eigenvalue weighted by Gasteiger charge is -2.14. The first-order valence-electron chi connectivity index (χ1n) is 8.28. The van der Waals surface area contributed by atoms with Crippen LogP contribution in [0, 0.1) is 0 Å². The van der Waals surface area contributed by atoms with Gasteiger partial charge in [0.25, 0.3) is 5.56 Å². The van der Waals surface area contributed by atoms with E-state index < -0.39 is 11.5 Å². The molecule has 138 valence electrons. The number of rotatable bonds is 5. The predicted octanol–water partition coefficient (Wildman–Crippen LogP) is 3.30. The zero-order chi connectivity index (χ0) is 19.6. The van der Waals surface area contributed by atoms with Crippen molar-refractivity contribution in [2.75, 3.05) is 0 Å². The molecule has 1 atom stereocenters. The molecule has 27 heavy (non-hydrogen) atoms. The van der Waals surface area contributed by atoms with Crippen molar-refractivity contribution in [2.45, 2.75) is 19.4 Å². The van der Waals surface area contributed by atoms with Crippen molar-refractivity contribution in [3.05, 3.63) is 80.6 Å². The molecule has 6 nitrogen and oxygen atoms in total. The van der Waals surface area contributed by atoms with Crippen LogP contribution in [-0.2, 0) is 11.3 Å². The normalized spacial score (nSPS) is 11.9. The average Bonchev–Trinajstić information content (AvgIpc) is 2.65. The number of hydrogen-bond acceptors (Lipinski definition) is 3. The number of fused-ring (bicyclic) bond motifs is 1. The molecule has 2 aromatic carbocycles. The van der Waals surface area contributed by atoms with Crippen LogP contribution in [0.4, 0.5) is 0 Å². The number of carboxylic acid groups (broad SMARTS) is 1. The van der Waals surface area contributed by atoms with E-state index in [0.717, 1.165) is 5.56 Å². The third kappa shape index (κ3) is 4.01. The number of pyridine rings is 1. The quantitative estimate of drug-likeness (QED) is 0.628. The first-order valence-corrected chi connectivity index (χ1v) is 8.66. The number of benzene rings is 2. The van der Waals surface area contributed by atoms with Crippen molar-refractivity contribution in [3.8, 4) is 0 Å². The molecule has 3 aromatic rings. The van der Waals surface area contributed by atoms with Crippen LogP contribution < -0.4 is 10.9 Å². The molecule has 0 fully saturated rings. The summed E-state index contributed by atoms with van der Waals surface area (Å²) in [6.45, 7) is 1.96. The monoisotopic (exact) mass is 384 g/mol. The van der Waals surface area contributed by atoms with Gasteiger partial charge in [-0.05, 0) is 36.2 Å². The van der Waals surface area contributed by atoms with Crippen LogP contribution in [0.3, 0.4) is 0 Å². The first-order chi connectivity index (χ1) is 12.9. The summed E-state index contributed by atoms with van der Waals surface area (Å²) in [5, 5.41) is 12.8. The second-order valence-electron chi connectivity index (χ2n) is 6.20. The largest absolute Gasteiger partial charge is 0.477 e. The minimum atomic E-state index is -1.32. The molecular formula is C20H17ClN2O4. The van der Waals surface area contributed by atoms with Gasteiger partial charge in [0.05, 0.1) is 11.4 Å². The number of aromatic amines is 1. The van der Waals surface area contributed by atoms with Crippen molar-refractivity contribution in [3.63, 3.8) is 0 Å². The number of nitrogens with one attached hydrogen (secondary N) is 2. The standard InChI is InChI=1S/C20H17ClN2O4/c1-11(12-5-3-2-4-6-12)18(24)22-10-14-8-15(21)7-13-9-16(20(26)27)19(25)23-17(13)14/h2-9,11H,10H2,1H3,(H,22,24)(H,23,25)(H,26,27). The molecule has 0 bridgehead atoms. The van der Waals surface area contributed by atoms with Crippen LogP contribution >= 0.6 is 11.6 Å². The Morgan fingerprint density at radius 2 is 1.89 bits per heavy atom. The number of halogens is 1. The molecule has 3 N–H and O–H groups in total. The van der Waals surface area contributed by atoms with Crippen LogP contribution in [0.1, 0.15) is 34.3 Å². The van der Waals surface area contributed by atoms with Gasteiger partial charge in [0.15, 0.2) is 0 Å². The van der Waals surface area contributed by atoms with Gasteiger partial charge in [0, 0.05) is 17.0 Å². The van der Waals surface area contributed by atoms with Gasteiger partial charge in [-0.2, -0.15) is 0 Å². The summed E-state index contributed by atoms with van der Waals surface area (Å²) in [5.41, 5.74) is 0.868. The summed E-state index contributed by atoms with van der Waals surface area (Å²) in [7, 11) is 0. The fraction of sp³-hybridized carbons (Fsp3) is 0.150. The highest BCUT2D eigenvalue weighted by Crippen LogP contribution is 2.23. The van der Waals surface area contributed by atoms with Crippen LogP contribution in [0.5, 0.6) is 0 Å². The molecule has 3 rings (SSSR count). The number of carbonyl (C=O) groups excluding carboxylic acids is 1. The molecule has 0 saturated carbocycles. The summed E-state index contributed by atoms with van der Waals surface area (Å²) < 4.78 is 0. The molecule has 1 heterocycles. The average molecular weight is 385 g/mol. The lowest BCUT2D eigenvalue weighted by atomic mass is 10.0. The predicted molar refractivity (Wildman–Crippen MR) is 103 cm³/mol. The maximum Gasteiger partial charge on any atom is 0.341 e. The number of carbonyl (C=O) groups is 2. The van der Waals surface area contributed by atoms with Gasteiger partial charge in [-0.25, -0.2) is 4.79 Å². The molecule has 0 radical (unpaired) electrons. The van der Waals surface area contributed by atoms with E-state index in [1.165, 1.54) is 6.07 Å². The summed E-state index contributed by atoms with van der Waals surface area (Å²) in [6.07, 6.45) is 0. The van der Waals surface area contributed by atoms with Crippen molar-refractivity contribution in [1.82, 2.24) is 10.3 Å². The lowest BCUT2D eigenvalue weighted by molar-refractivity contribution is -0.122. The van der Waals surface area contributed by atoms with Gasteiger partial charge in [-0.15, -0.1) is 0 Å². The number of H-pyrrole nitrogens is 1. The van der Waals surface area contributed by atoms with Crippen LogP contribution in [0.2, 0.25) is 5.02 Å². The number of amides is 1. The smallest absolute Gasteiger partial charge is 0.341 e. The van der Waals surface area contributed by atoms with Gasteiger partial charge in [-0.3, -0.25) is 9.59 Å². The third-order valence-electron chi connectivity index (χ3n) is 4.37. The molecule has 0 aliphatic rings. The van der Waals surface area contributed by atoms with E-state index >= 15 is 0 Å². The van der Waals surface area contributed by atoms with Gasteiger partial charge >= 0.3 is 5.97 Å². The Balaban J connectivity index is 1.88. The zero-order valence-corrected chi connectivity index (χ0v) is 15.2. The van der Waals surface area contributed by atoms with E-state index in [4.69, 9.17) is 16.7 Å². The summed E-state index contributed by atoms with van der Waals surface area (Å²) in [5.74, 6) is -1.82. The summed E-state index contributed by atoms with van der Waals surface area (Å²) in [6, 6.07) is 13.9. The highest BCUT2D eigenvalue weighted by Gasteiger charge is 2.16. The summed E-state index contributed by atoms with van der Waals surface area (Å²) >= 11 is 6.12. The number of carboxylic acids is 1. The second-order valence-corrected chi connectivity index (χ2v) is 6.63. The fourth-order valence-corrected chi connectivity index (χ4v) is 3.13. The van der Waals surface area contributed by atoms with E-state index in [1.54, 1.807) is 12.1 Å². The Bertz CT molecular complexity index is 1080. The van der Waals surface area contributed by atoms with Gasteiger partial charge in [0.1, 0.15) is 5.56 Å². The van der Waals surface area contributed by atoms with E-state index in [9.17, 15) is 14.4 Å². The maximum atomic E-state index is 12.5. The molecule has 0 aliphatic carbocycles. The van der Waals surface area contributed by atoms with Crippen molar-refractivity contribution in [1.29, 1.82) is 0 Å². The van der Waals surface area contributed by atoms with Gasteiger partial charge in [-0.1, -0.05) is 41.9 Å². The molecule has 0 saturated heterocycles. The van der Waals surface area contributed by atoms with Crippen LogP contribution in [-0.4, -0.2) is 22.0 Å². The molecule has 0 aliphatic heterocycles. The minimum absolute atomic E-state index is 0.148. The first kappa shape index (κ1) is 18.7. The third-order valence-corrected chi connectivity index (χ3v) is 4.59. The Hall–Kier alpha value is -3.12. The highest BCUT2D eigenvalue weighted by atomic mass is 35.5.